The van der Waals surface area contributed by atoms with E-state index in [-0.39, 0.29) is 11.5 Å². The van der Waals surface area contributed by atoms with Crippen LogP contribution >= 0.6 is 7.26 Å². The fourth-order valence-corrected chi connectivity index (χ4v) is 9.59. The van der Waals surface area contributed by atoms with E-state index in [1.165, 1.54) is 68.6 Å². The van der Waals surface area contributed by atoms with Crippen molar-refractivity contribution in [1.82, 2.24) is 9.97 Å². The summed E-state index contributed by atoms with van der Waals surface area (Å²) in [6, 6.07) is 9.37. The summed E-state index contributed by atoms with van der Waals surface area (Å²) < 4.78 is 0. The summed E-state index contributed by atoms with van der Waals surface area (Å²) in [6.45, 7) is 8.97. The van der Waals surface area contributed by atoms with Crippen molar-refractivity contribution < 1.29 is 4.79 Å². The van der Waals surface area contributed by atoms with Gasteiger partial charge in [0.25, 0.3) is 5.56 Å². The number of H-pyrrole nitrogens is 1. The highest BCUT2D eigenvalue weighted by Gasteiger charge is 2.35. The predicted molar refractivity (Wildman–Crippen MR) is 153 cm³/mol. The molecule has 2 aromatic rings. The van der Waals surface area contributed by atoms with E-state index < -0.39 is 13.3 Å². The second kappa shape index (κ2) is 15.7. The number of amides is 2. The molecule has 0 unspecified atom stereocenters. The summed E-state index contributed by atoms with van der Waals surface area (Å²) in [5.41, 5.74) is 2.52. The lowest BCUT2D eigenvalue weighted by molar-refractivity contribution is 0.262. The van der Waals surface area contributed by atoms with Gasteiger partial charge in [0, 0.05) is 24.7 Å². The Morgan fingerprint density at radius 3 is 2.11 bits per heavy atom. The van der Waals surface area contributed by atoms with Crippen LogP contribution in [0.4, 0.5) is 16.4 Å². The Bertz CT molecular complexity index is 938. The number of nitrogens with zero attached hydrogens (tertiary/aromatic N) is 1. The first-order chi connectivity index (χ1) is 16.9. The average Bonchev–Trinajstić information content (AvgIpc) is 2.83. The normalized spacial score (nSPS) is 11.4. The Hall–Kier alpha value is -2.20. The number of hydrogen-bond donors (Lipinski definition) is 3. The van der Waals surface area contributed by atoms with Crippen molar-refractivity contribution in [2.75, 3.05) is 29.1 Å². The Morgan fingerprint density at radius 1 is 0.886 bits per heavy atom. The predicted octanol–water partition coefficient (Wildman–Crippen LogP) is 7.67. The van der Waals surface area contributed by atoms with Gasteiger partial charge < -0.3 is 5.32 Å². The minimum atomic E-state index is -1.08. The molecular formula is C28H46N4O2P+. The van der Waals surface area contributed by atoms with Crippen molar-refractivity contribution in [2.45, 2.75) is 91.6 Å². The molecule has 0 fully saturated rings. The molecule has 0 spiro atoms. The average molecular weight is 502 g/mol. The zero-order valence-corrected chi connectivity index (χ0v) is 23.2. The van der Waals surface area contributed by atoms with Crippen LogP contribution in [-0.4, -0.2) is 34.5 Å². The van der Waals surface area contributed by atoms with Gasteiger partial charge in [0.1, 0.15) is 0 Å². The van der Waals surface area contributed by atoms with Gasteiger partial charge in [-0.3, -0.25) is 15.1 Å². The maximum Gasteiger partial charge on any atom is 0.326 e. The Labute approximate surface area is 212 Å². The lowest BCUT2D eigenvalue weighted by Gasteiger charge is -2.28. The molecule has 1 aromatic carbocycles. The standard InChI is InChI=1S/C28H45N4O2P/c1-5-9-15-25-21-26(33)31-27(29-25)32-28(34)30-24-16-13-14-23(20-24)22-35(17-10-6-2,18-11-7-3)19-12-8-4/h13-14,16,20-21H,5-12,15,17-19,22H2,1-4H3,(H2-,29,30,31,32,33,34)/p+1. The number of carbonyl (C=O) groups is 1. The molecule has 0 aliphatic heterocycles. The number of nitrogens with one attached hydrogen (secondary N) is 3. The molecular weight excluding hydrogens is 455 g/mol. The van der Waals surface area contributed by atoms with Crippen LogP contribution in [0.2, 0.25) is 0 Å². The molecule has 2 amide bonds. The van der Waals surface area contributed by atoms with Crippen LogP contribution in [0.5, 0.6) is 0 Å². The number of carbonyl (C=O) groups excluding carboxylic acids is 1. The molecule has 0 aliphatic rings. The molecule has 3 N–H and O–H groups in total. The van der Waals surface area contributed by atoms with E-state index in [0.717, 1.165) is 31.1 Å². The lowest BCUT2D eigenvalue weighted by atomic mass is 10.2. The summed E-state index contributed by atoms with van der Waals surface area (Å²) in [6.07, 6.45) is 15.6. The van der Waals surface area contributed by atoms with E-state index in [2.05, 4.69) is 60.4 Å². The zero-order valence-electron chi connectivity index (χ0n) is 22.3. The van der Waals surface area contributed by atoms with E-state index in [1.807, 2.05) is 12.1 Å². The molecule has 2 rings (SSSR count). The molecule has 1 heterocycles. The first kappa shape index (κ1) is 29.0. The first-order valence-corrected chi connectivity index (χ1v) is 16.1. The molecule has 35 heavy (non-hydrogen) atoms. The van der Waals surface area contributed by atoms with Gasteiger partial charge in [-0.25, -0.2) is 9.78 Å². The summed E-state index contributed by atoms with van der Waals surface area (Å²) in [7, 11) is -1.08. The number of rotatable bonds is 16. The molecule has 0 aliphatic carbocycles. The molecule has 0 atom stereocenters. The van der Waals surface area contributed by atoms with Gasteiger partial charge in [-0.1, -0.05) is 65.5 Å². The van der Waals surface area contributed by atoms with Crippen LogP contribution in [0.15, 0.2) is 35.1 Å². The molecule has 6 nitrogen and oxygen atoms in total. The second-order valence-electron chi connectivity index (χ2n) is 9.70. The van der Waals surface area contributed by atoms with E-state index in [0.29, 0.717) is 5.69 Å². The Morgan fingerprint density at radius 2 is 1.51 bits per heavy atom. The summed E-state index contributed by atoms with van der Waals surface area (Å²) >= 11 is 0. The highest BCUT2D eigenvalue weighted by atomic mass is 31.2. The summed E-state index contributed by atoms with van der Waals surface area (Å²) in [5, 5.41) is 5.62. The minimum Gasteiger partial charge on any atom is -0.308 e. The molecule has 7 heteroatoms. The molecule has 194 valence electrons. The third-order valence-corrected chi connectivity index (χ3v) is 11.3. The number of hydrogen-bond acceptors (Lipinski definition) is 3. The number of aromatic nitrogens is 2. The third kappa shape index (κ3) is 10.5. The minimum absolute atomic E-state index is 0.181. The molecule has 0 saturated carbocycles. The molecule has 1 aromatic heterocycles. The van der Waals surface area contributed by atoms with Crippen LogP contribution in [0.25, 0.3) is 0 Å². The van der Waals surface area contributed by atoms with Crippen molar-refractivity contribution in [3.8, 4) is 0 Å². The Kier molecular flexibility index (Phi) is 13.0. The summed E-state index contributed by atoms with van der Waals surface area (Å²) in [5.74, 6) is 0.181. The van der Waals surface area contributed by atoms with Crippen molar-refractivity contribution in [3.05, 3.63) is 51.9 Å². The second-order valence-corrected chi connectivity index (χ2v) is 14.0. The number of aryl methyl sites for hydroxylation is 1. The molecule has 0 bridgehead atoms. The van der Waals surface area contributed by atoms with Crippen molar-refractivity contribution in [2.24, 2.45) is 0 Å². The lowest BCUT2D eigenvalue weighted by Crippen LogP contribution is -2.23. The van der Waals surface area contributed by atoms with Gasteiger partial charge >= 0.3 is 6.03 Å². The zero-order chi connectivity index (χ0) is 25.5. The molecule has 0 radical (unpaired) electrons. The third-order valence-electron chi connectivity index (χ3n) is 6.47. The first-order valence-electron chi connectivity index (χ1n) is 13.6. The van der Waals surface area contributed by atoms with E-state index in [1.54, 1.807) is 0 Å². The van der Waals surface area contributed by atoms with Gasteiger partial charge in [0.05, 0.1) is 24.6 Å². The highest BCUT2D eigenvalue weighted by molar-refractivity contribution is 7.75. The number of unbranched alkanes of at least 4 members (excludes halogenated alkanes) is 4. The van der Waals surface area contributed by atoms with Crippen LogP contribution < -0.4 is 16.2 Å². The van der Waals surface area contributed by atoms with Gasteiger partial charge in [-0.15, -0.1) is 0 Å². The van der Waals surface area contributed by atoms with Gasteiger partial charge in [-0.05, 0) is 49.8 Å². The van der Waals surface area contributed by atoms with Crippen molar-refractivity contribution in [3.63, 3.8) is 0 Å². The van der Waals surface area contributed by atoms with Crippen LogP contribution in [0, 0.1) is 0 Å². The van der Waals surface area contributed by atoms with Crippen molar-refractivity contribution >= 4 is 24.9 Å². The van der Waals surface area contributed by atoms with Gasteiger partial charge in [0.2, 0.25) is 5.95 Å². The Balaban J connectivity index is 2.12. The van der Waals surface area contributed by atoms with E-state index in [4.69, 9.17) is 0 Å². The van der Waals surface area contributed by atoms with E-state index in [9.17, 15) is 9.59 Å². The summed E-state index contributed by atoms with van der Waals surface area (Å²) in [4.78, 5) is 31.6. The van der Waals surface area contributed by atoms with Crippen molar-refractivity contribution in [1.29, 1.82) is 0 Å². The molecule has 0 saturated heterocycles. The number of benzene rings is 1. The number of anilines is 2. The maximum absolute atomic E-state index is 12.7. The SMILES string of the molecule is CCCCc1cc(=O)[nH]c(NC(=O)Nc2cccc(C[P+](CCCC)(CCCC)CCCC)c2)n1. The van der Waals surface area contributed by atoms with Crippen LogP contribution in [-0.2, 0) is 12.6 Å². The van der Waals surface area contributed by atoms with Crippen LogP contribution in [0.1, 0.15) is 90.3 Å². The van der Waals surface area contributed by atoms with Crippen LogP contribution in [0.3, 0.4) is 0 Å². The fourth-order valence-electron chi connectivity index (χ4n) is 4.51. The monoisotopic (exact) mass is 501 g/mol. The fraction of sp³-hybridized carbons (Fsp3) is 0.607. The topological polar surface area (TPSA) is 86.9 Å². The largest absolute Gasteiger partial charge is 0.326 e. The van der Waals surface area contributed by atoms with Gasteiger partial charge in [0.15, 0.2) is 0 Å². The smallest absolute Gasteiger partial charge is 0.308 e. The number of urea groups is 1. The maximum atomic E-state index is 12.7. The van der Waals surface area contributed by atoms with Gasteiger partial charge in [-0.2, -0.15) is 0 Å². The number of aromatic amines is 1. The van der Waals surface area contributed by atoms with E-state index >= 15 is 0 Å². The quantitative estimate of drug-likeness (QED) is 0.206. The highest BCUT2D eigenvalue weighted by Crippen LogP contribution is 2.63.